The third-order valence-electron chi connectivity index (χ3n) is 5.68. The summed E-state index contributed by atoms with van der Waals surface area (Å²) < 4.78 is 21.7. The van der Waals surface area contributed by atoms with Gasteiger partial charge in [0.2, 0.25) is 5.75 Å². The van der Waals surface area contributed by atoms with Crippen molar-refractivity contribution >= 4 is 22.8 Å². The van der Waals surface area contributed by atoms with E-state index in [-0.39, 0.29) is 12.5 Å². The van der Waals surface area contributed by atoms with Crippen LogP contribution in [0.3, 0.4) is 0 Å². The Hall–Kier alpha value is -3.81. The molecule has 1 saturated heterocycles. The Balaban J connectivity index is 1.71. The molecule has 1 aliphatic heterocycles. The summed E-state index contributed by atoms with van der Waals surface area (Å²) in [5.74, 6) is 0.660. The highest BCUT2D eigenvalue weighted by atomic mass is 16.5. The van der Waals surface area contributed by atoms with Gasteiger partial charge in [-0.2, -0.15) is 0 Å². The minimum atomic E-state index is -0.574. The molecule has 1 aromatic heterocycles. The molecular weight excluding hydrogens is 424 g/mol. The number of methoxy groups -OCH3 is 3. The molecule has 8 heteroatoms. The lowest BCUT2D eigenvalue weighted by atomic mass is 10.0. The Bertz CT molecular complexity index is 1160. The predicted molar refractivity (Wildman–Crippen MR) is 123 cm³/mol. The first-order valence-electron chi connectivity index (χ1n) is 10.7. The van der Waals surface area contributed by atoms with Crippen molar-refractivity contribution in [1.29, 1.82) is 0 Å². The molecule has 4 rings (SSSR count). The number of hydrogen-bond acceptors (Lipinski definition) is 7. The Morgan fingerprint density at radius 2 is 1.61 bits per heavy atom. The SMILES string of the molecule is COc1cc(-c2cc(C(=O)OCC(=O)N3CCCC3)c3ccccc3n2)cc(OC)c1OC. The summed E-state index contributed by atoms with van der Waals surface area (Å²) in [6.45, 7) is 1.13. The third-order valence-corrected chi connectivity index (χ3v) is 5.68. The number of fused-ring (bicyclic) bond motifs is 1. The number of pyridine rings is 1. The van der Waals surface area contributed by atoms with E-state index in [2.05, 4.69) is 0 Å². The number of rotatable bonds is 7. The van der Waals surface area contributed by atoms with Crippen molar-refractivity contribution in [2.75, 3.05) is 41.0 Å². The molecule has 0 spiro atoms. The monoisotopic (exact) mass is 450 g/mol. The first-order chi connectivity index (χ1) is 16.0. The zero-order chi connectivity index (χ0) is 23.4. The lowest BCUT2D eigenvalue weighted by Crippen LogP contribution is -2.32. The largest absolute Gasteiger partial charge is 0.493 e. The van der Waals surface area contributed by atoms with Crippen LogP contribution in [0.25, 0.3) is 22.2 Å². The van der Waals surface area contributed by atoms with Crippen molar-refractivity contribution in [3.8, 4) is 28.5 Å². The number of esters is 1. The van der Waals surface area contributed by atoms with Gasteiger partial charge >= 0.3 is 5.97 Å². The van der Waals surface area contributed by atoms with Crippen LogP contribution in [0.15, 0.2) is 42.5 Å². The van der Waals surface area contributed by atoms with Crippen LogP contribution in [-0.4, -0.2) is 62.8 Å². The standard InChI is InChI=1S/C25H26N2O6/c1-30-21-12-16(13-22(31-2)24(21)32-3)20-14-18(17-8-4-5-9-19(17)26-20)25(29)33-15-23(28)27-10-6-7-11-27/h4-5,8-9,12-14H,6-7,10-11,15H2,1-3H3. The molecule has 0 unspecified atom stereocenters. The maximum atomic E-state index is 13.0. The average Bonchev–Trinajstić information content (AvgIpc) is 3.40. The van der Waals surface area contributed by atoms with Crippen molar-refractivity contribution in [3.05, 3.63) is 48.0 Å². The topological polar surface area (TPSA) is 87.2 Å². The van der Waals surface area contributed by atoms with Crippen molar-refractivity contribution in [2.45, 2.75) is 12.8 Å². The normalized spacial score (nSPS) is 13.1. The molecular formula is C25H26N2O6. The number of aromatic nitrogens is 1. The molecule has 0 radical (unpaired) electrons. The molecule has 2 heterocycles. The summed E-state index contributed by atoms with van der Waals surface area (Å²) in [5, 5.41) is 0.646. The van der Waals surface area contributed by atoms with Crippen LogP contribution in [0.4, 0.5) is 0 Å². The number of para-hydroxylation sites is 1. The van der Waals surface area contributed by atoms with E-state index in [1.54, 1.807) is 29.2 Å². The molecule has 0 aliphatic carbocycles. The highest BCUT2D eigenvalue weighted by Gasteiger charge is 2.22. The molecule has 2 aromatic carbocycles. The summed E-state index contributed by atoms with van der Waals surface area (Å²) in [6, 6.07) is 12.5. The van der Waals surface area contributed by atoms with Crippen LogP contribution in [0.1, 0.15) is 23.2 Å². The highest BCUT2D eigenvalue weighted by Crippen LogP contribution is 2.41. The number of carbonyl (C=O) groups excluding carboxylic acids is 2. The molecule has 172 valence electrons. The van der Waals surface area contributed by atoms with Crippen LogP contribution in [0.2, 0.25) is 0 Å². The van der Waals surface area contributed by atoms with E-state index >= 15 is 0 Å². The fourth-order valence-corrected chi connectivity index (χ4v) is 3.98. The number of ether oxygens (including phenoxy) is 4. The third kappa shape index (κ3) is 4.55. The lowest BCUT2D eigenvalue weighted by molar-refractivity contribution is -0.133. The van der Waals surface area contributed by atoms with Gasteiger partial charge in [0.05, 0.1) is 38.1 Å². The summed E-state index contributed by atoms with van der Waals surface area (Å²) >= 11 is 0. The molecule has 3 aromatic rings. The van der Waals surface area contributed by atoms with Gasteiger partial charge in [-0.05, 0) is 37.1 Å². The van der Waals surface area contributed by atoms with E-state index in [1.165, 1.54) is 21.3 Å². The Morgan fingerprint density at radius 1 is 0.939 bits per heavy atom. The minimum absolute atomic E-state index is 0.177. The van der Waals surface area contributed by atoms with Crippen molar-refractivity contribution in [1.82, 2.24) is 9.88 Å². The van der Waals surface area contributed by atoms with Gasteiger partial charge in [-0.15, -0.1) is 0 Å². The van der Waals surface area contributed by atoms with Crippen molar-refractivity contribution in [2.24, 2.45) is 0 Å². The summed E-state index contributed by atoms with van der Waals surface area (Å²) in [5.41, 5.74) is 2.17. The van der Waals surface area contributed by atoms with Crippen LogP contribution < -0.4 is 14.2 Å². The van der Waals surface area contributed by atoms with Gasteiger partial charge in [0, 0.05) is 24.0 Å². The minimum Gasteiger partial charge on any atom is -0.493 e. The Kier molecular flexibility index (Phi) is 6.63. The molecule has 33 heavy (non-hydrogen) atoms. The van der Waals surface area contributed by atoms with Gasteiger partial charge in [-0.3, -0.25) is 4.79 Å². The molecule has 0 atom stereocenters. The van der Waals surface area contributed by atoms with E-state index in [9.17, 15) is 9.59 Å². The fourth-order valence-electron chi connectivity index (χ4n) is 3.98. The van der Waals surface area contributed by atoms with Gasteiger partial charge in [0.1, 0.15) is 0 Å². The zero-order valence-electron chi connectivity index (χ0n) is 18.9. The second kappa shape index (κ2) is 9.77. The molecule has 0 saturated carbocycles. The van der Waals surface area contributed by atoms with E-state index < -0.39 is 5.97 Å². The zero-order valence-corrected chi connectivity index (χ0v) is 18.9. The summed E-state index contributed by atoms with van der Waals surface area (Å²) in [7, 11) is 4.61. The fraction of sp³-hybridized carbons (Fsp3) is 0.320. The molecule has 1 amide bonds. The second-order valence-corrected chi connectivity index (χ2v) is 7.65. The lowest BCUT2D eigenvalue weighted by Gasteiger charge is -2.16. The van der Waals surface area contributed by atoms with Crippen LogP contribution in [-0.2, 0) is 9.53 Å². The number of benzene rings is 2. The summed E-state index contributed by atoms with van der Waals surface area (Å²) in [4.78, 5) is 31.8. The maximum absolute atomic E-state index is 13.0. The first kappa shape index (κ1) is 22.4. The van der Waals surface area contributed by atoms with Gasteiger partial charge in [0.15, 0.2) is 18.1 Å². The van der Waals surface area contributed by atoms with E-state index in [1.807, 2.05) is 18.2 Å². The van der Waals surface area contributed by atoms with Crippen LogP contribution in [0, 0.1) is 0 Å². The number of amides is 1. The Morgan fingerprint density at radius 3 is 2.24 bits per heavy atom. The summed E-state index contributed by atoms with van der Waals surface area (Å²) in [6.07, 6.45) is 1.96. The highest BCUT2D eigenvalue weighted by molar-refractivity contribution is 6.05. The van der Waals surface area contributed by atoms with Gasteiger partial charge in [0.25, 0.3) is 5.91 Å². The van der Waals surface area contributed by atoms with Gasteiger partial charge in [-0.1, -0.05) is 18.2 Å². The van der Waals surface area contributed by atoms with E-state index in [4.69, 9.17) is 23.9 Å². The smallest absolute Gasteiger partial charge is 0.339 e. The van der Waals surface area contributed by atoms with E-state index in [0.29, 0.717) is 58.1 Å². The molecule has 0 bridgehead atoms. The predicted octanol–water partition coefficient (Wildman–Crippen LogP) is 3.71. The molecule has 0 N–H and O–H groups in total. The molecule has 8 nitrogen and oxygen atoms in total. The number of likely N-dealkylation sites (tertiary alicyclic amines) is 1. The molecule has 1 fully saturated rings. The number of nitrogens with zero attached hydrogens (tertiary/aromatic N) is 2. The Labute approximate surface area is 192 Å². The van der Waals surface area contributed by atoms with E-state index in [0.717, 1.165) is 12.8 Å². The maximum Gasteiger partial charge on any atom is 0.339 e. The van der Waals surface area contributed by atoms with Gasteiger partial charge < -0.3 is 23.8 Å². The number of carbonyl (C=O) groups is 2. The molecule has 1 aliphatic rings. The van der Waals surface area contributed by atoms with Crippen molar-refractivity contribution in [3.63, 3.8) is 0 Å². The quantitative estimate of drug-likeness (QED) is 0.507. The second-order valence-electron chi connectivity index (χ2n) is 7.65. The average molecular weight is 450 g/mol. The van der Waals surface area contributed by atoms with Crippen LogP contribution >= 0.6 is 0 Å². The first-order valence-corrected chi connectivity index (χ1v) is 10.7. The van der Waals surface area contributed by atoms with Crippen LogP contribution in [0.5, 0.6) is 17.2 Å². The number of hydrogen-bond donors (Lipinski definition) is 0. The van der Waals surface area contributed by atoms with Crippen molar-refractivity contribution < 1.29 is 28.5 Å². The van der Waals surface area contributed by atoms with Gasteiger partial charge in [-0.25, -0.2) is 9.78 Å².